The lowest BCUT2D eigenvalue weighted by atomic mass is 10.2. The van der Waals surface area contributed by atoms with Crippen LogP contribution in [-0.4, -0.2) is 4.98 Å². The second-order valence-corrected chi connectivity index (χ2v) is 4.09. The largest absolute Gasteiger partial charge is 0.239 e. The van der Waals surface area contributed by atoms with Crippen LogP contribution in [0.1, 0.15) is 5.69 Å². The Bertz CT molecular complexity index is 424. The molecular weight excluding hydrogens is 218 g/mol. The third-order valence-electron chi connectivity index (χ3n) is 1.79. The first kappa shape index (κ1) is 9.65. The predicted molar refractivity (Wildman–Crippen MR) is 57.0 cm³/mol. The highest BCUT2D eigenvalue weighted by molar-refractivity contribution is 7.13. The van der Waals surface area contributed by atoms with Gasteiger partial charge in [0.15, 0.2) is 0 Å². The van der Waals surface area contributed by atoms with Crippen molar-refractivity contribution < 1.29 is 5.11 Å². The molecule has 0 aliphatic heterocycles. The molecule has 2 nitrogen and oxygen atoms in total. The highest BCUT2D eigenvalue weighted by atomic mass is 35.5. The maximum Gasteiger partial charge on any atom is 0.125 e. The van der Waals surface area contributed by atoms with Gasteiger partial charge in [0.2, 0.25) is 0 Å². The minimum absolute atomic E-state index is 0.260. The molecule has 2 aromatic rings. The van der Waals surface area contributed by atoms with Crippen molar-refractivity contribution >= 4 is 22.9 Å². The van der Waals surface area contributed by atoms with Gasteiger partial charge >= 0.3 is 0 Å². The van der Waals surface area contributed by atoms with Crippen LogP contribution in [0.2, 0.25) is 5.02 Å². The van der Waals surface area contributed by atoms with Crippen LogP contribution in [0.4, 0.5) is 0 Å². The number of aromatic nitrogens is 1. The Labute approximate surface area is 90.8 Å². The average molecular weight is 225 g/mol. The quantitative estimate of drug-likeness (QED) is 0.770. The van der Waals surface area contributed by atoms with E-state index in [0.29, 0.717) is 10.7 Å². The van der Waals surface area contributed by atoms with Gasteiger partial charge in [-0.15, -0.1) is 11.3 Å². The summed E-state index contributed by atoms with van der Waals surface area (Å²) in [7, 11) is 0. The van der Waals surface area contributed by atoms with Crippen molar-refractivity contribution in [2.75, 3.05) is 0 Å². The van der Waals surface area contributed by atoms with Crippen molar-refractivity contribution in [2.45, 2.75) is 6.61 Å². The lowest BCUT2D eigenvalue weighted by Gasteiger charge is -1.95. The van der Waals surface area contributed by atoms with Gasteiger partial charge in [-0.25, -0.2) is 10.1 Å². The van der Waals surface area contributed by atoms with Crippen LogP contribution < -0.4 is 0 Å². The predicted octanol–water partition coefficient (Wildman–Crippen LogP) is 3.39. The van der Waals surface area contributed by atoms with Crippen LogP contribution in [0.5, 0.6) is 0 Å². The molecule has 0 saturated heterocycles. The third-order valence-corrected chi connectivity index (χ3v) is 2.98. The fourth-order valence-corrected chi connectivity index (χ4v) is 2.03. The molecule has 71 valence electrons. The molecule has 1 aromatic carbocycles. The lowest BCUT2D eigenvalue weighted by Crippen LogP contribution is -1.81. The van der Waals surface area contributed by atoms with E-state index in [4.69, 9.17) is 11.6 Å². The zero-order valence-corrected chi connectivity index (χ0v) is 8.81. The Hall–Kier alpha value is -0.900. The SMILES string of the molecule is [O]Cc1csc(-c2ccc(Cl)cc2)n1. The first-order valence-electron chi connectivity index (χ1n) is 4.08. The van der Waals surface area contributed by atoms with E-state index in [9.17, 15) is 5.11 Å². The molecule has 0 aliphatic rings. The summed E-state index contributed by atoms with van der Waals surface area (Å²) in [5, 5.41) is 13.9. The van der Waals surface area contributed by atoms with Gasteiger partial charge in [0.05, 0.1) is 5.69 Å². The Morgan fingerprint density at radius 1 is 1.29 bits per heavy atom. The van der Waals surface area contributed by atoms with E-state index < -0.39 is 0 Å². The van der Waals surface area contributed by atoms with E-state index >= 15 is 0 Å². The van der Waals surface area contributed by atoms with Crippen LogP contribution in [-0.2, 0) is 11.7 Å². The van der Waals surface area contributed by atoms with Crippen molar-refractivity contribution in [3.05, 3.63) is 40.4 Å². The molecule has 0 saturated carbocycles. The van der Waals surface area contributed by atoms with E-state index in [1.165, 1.54) is 11.3 Å². The van der Waals surface area contributed by atoms with Crippen LogP contribution in [0.25, 0.3) is 10.6 Å². The second-order valence-electron chi connectivity index (χ2n) is 2.80. The molecule has 14 heavy (non-hydrogen) atoms. The minimum Gasteiger partial charge on any atom is -0.239 e. The van der Waals surface area contributed by atoms with E-state index in [0.717, 1.165) is 10.6 Å². The summed E-state index contributed by atoms with van der Waals surface area (Å²) in [6.45, 7) is -0.260. The van der Waals surface area contributed by atoms with Crippen molar-refractivity contribution in [2.24, 2.45) is 0 Å². The zero-order chi connectivity index (χ0) is 9.97. The van der Waals surface area contributed by atoms with E-state index in [1.807, 2.05) is 24.3 Å². The second kappa shape index (κ2) is 4.09. The summed E-state index contributed by atoms with van der Waals surface area (Å²) >= 11 is 7.24. The highest BCUT2D eigenvalue weighted by Gasteiger charge is 2.03. The lowest BCUT2D eigenvalue weighted by molar-refractivity contribution is 0.174. The Balaban J connectivity index is 2.34. The number of halogens is 1. The fraction of sp³-hybridized carbons (Fsp3) is 0.100. The summed E-state index contributed by atoms with van der Waals surface area (Å²) in [4.78, 5) is 4.19. The van der Waals surface area contributed by atoms with Crippen LogP contribution in [0, 0.1) is 0 Å². The standard InChI is InChI=1S/C10H7ClNOS/c11-8-3-1-7(2-4-8)10-12-9(5-13)6-14-10/h1-4,6H,5H2. The first-order valence-corrected chi connectivity index (χ1v) is 5.34. The van der Waals surface area contributed by atoms with Crippen molar-refractivity contribution in [3.63, 3.8) is 0 Å². The number of hydrogen-bond donors (Lipinski definition) is 0. The molecule has 0 spiro atoms. The molecule has 4 heteroatoms. The molecule has 0 amide bonds. The van der Waals surface area contributed by atoms with Crippen LogP contribution in [0.15, 0.2) is 29.6 Å². The molecule has 0 atom stereocenters. The third kappa shape index (κ3) is 1.95. The highest BCUT2D eigenvalue weighted by Crippen LogP contribution is 2.24. The van der Waals surface area contributed by atoms with Crippen LogP contribution in [0.3, 0.4) is 0 Å². The van der Waals surface area contributed by atoms with Crippen molar-refractivity contribution in [1.29, 1.82) is 0 Å². The Morgan fingerprint density at radius 2 is 2.00 bits per heavy atom. The number of rotatable bonds is 2. The fourth-order valence-electron chi connectivity index (χ4n) is 1.10. The average Bonchev–Trinajstić information content (AvgIpc) is 2.67. The molecule has 0 aliphatic carbocycles. The maximum absolute atomic E-state index is 10.6. The Kier molecular flexibility index (Phi) is 2.82. The van der Waals surface area contributed by atoms with Gasteiger partial charge in [-0.1, -0.05) is 23.7 Å². The molecule has 0 N–H and O–H groups in total. The normalized spacial score (nSPS) is 10.4. The van der Waals surface area contributed by atoms with Gasteiger partial charge in [0, 0.05) is 16.0 Å². The summed E-state index contributed by atoms with van der Waals surface area (Å²) in [5.74, 6) is 0. The van der Waals surface area contributed by atoms with Gasteiger partial charge in [-0.3, -0.25) is 0 Å². The Morgan fingerprint density at radius 3 is 2.57 bits per heavy atom. The van der Waals surface area contributed by atoms with Gasteiger partial charge in [-0.2, -0.15) is 0 Å². The monoisotopic (exact) mass is 224 g/mol. The smallest absolute Gasteiger partial charge is 0.125 e. The molecular formula is C10H7ClNOS. The van der Waals surface area contributed by atoms with Crippen LogP contribution >= 0.6 is 22.9 Å². The zero-order valence-electron chi connectivity index (χ0n) is 7.24. The summed E-state index contributed by atoms with van der Waals surface area (Å²) in [6, 6.07) is 7.43. The first-order chi connectivity index (χ1) is 6.79. The number of thiazole rings is 1. The van der Waals surface area contributed by atoms with E-state index in [2.05, 4.69) is 4.98 Å². The van der Waals surface area contributed by atoms with E-state index in [1.54, 1.807) is 5.38 Å². The molecule has 1 aromatic heterocycles. The van der Waals surface area contributed by atoms with Crippen molar-refractivity contribution in [1.82, 2.24) is 4.98 Å². The summed E-state index contributed by atoms with van der Waals surface area (Å²) in [6.07, 6.45) is 0. The van der Waals surface area contributed by atoms with Gasteiger partial charge in [0.1, 0.15) is 11.6 Å². The summed E-state index contributed by atoms with van der Waals surface area (Å²) in [5.41, 5.74) is 1.60. The summed E-state index contributed by atoms with van der Waals surface area (Å²) < 4.78 is 0. The minimum atomic E-state index is -0.260. The van der Waals surface area contributed by atoms with Crippen molar-refractivity contribution in [3.8, 4) is 10.6 Å². The van der Waals surface area contributed by atoms with Gasteiger partial charge in [-0.05, 0) is 12.1 Å². The molecule has 0 unspecified atom stereocenters. The van der Waals surface area contributed by atoms with E-state index in [-0.39, 0.29) is 6.61 Å². The van der Waals surface area contributed by atoms with Gasteiger partial charge < -0.3 is 0 Å². The molecule has 1 radical (unpaired) electrons. The molecule has 2 rings (SSSR count). The number of hydrogen-bond acceptors (Lipinski definition) is 2. The molecule has 0 fully saturated rings. The van der Waals surface area contributed by atoms with Gasteiger partial charge in [0.25, 0.3) is 0 Å². The topological polar surface area (TPSA) is 32.8 Å². The maximum atomic E-state index is 10.6. The molecule has 1 heterocycles. The number of nitrogens with zero attached hydrogens (tertiary/aromatic N) is 1. The number of benzene rings is 1. The molecule has 0 bridgehead atoms.